The molecule has 0 spiro atoms. The van der Waals surface area contributed by atoms with Crippen molar-refractivity contribution in [2.45, 2.75) is 6.92 Å². The lowest BCUT2D eigenvalue weighted by molar-refractivity contribution is 0.101. The number of aromatic nitrogens is 1. The largest absolute Gasteiger partial charge is 0.508 e. The van der Waals surface area contributed by atoms with Crippen LogP contribution in [0, 0.1) is 0 Å². The number of benzene rings is 2. The van der Waals surface area contributed by atoms with Crippen LogP contribution in [0.25, 0.3) is 22.2 Å². The first-order chi connectivity index (χ1) is 10.0. The summed E-state index contributed by atoms with van der Waals surface area (Å²) < 4.78 is 0. The van der Waals surface area contributed by atoms with Gasteiger partial charge in [0.15, 0.2) is 11.2 Å². The molecule has 4 nitrogen and oxygen atoms in total. The maximum absolute atomic E-state index is 12.2. The average Bonchev–Trinajstić information content (AvgIpc) is 2.46. The summed E-state index contributed by atoms with van der Waals surface area (Å²) in [5.74, 6) is 0.0636. The fraction of sp³-hybridized carbons (Fsp3) is 0.0588. The Hall–Kier alpha value is -2.88. The number of phenols is 1. The number of phenolic OH excluding ortho intramolecular Hbond substituents is 1. The summed E-state index contributed by atoms with van der Waals surface area (Å²) in [6, 6.07) is 13.2. The Balaban J connectivity index is 2.23. The molecule has 2 aromatic carbocycles. The van der Waals surface area contributed by atoms with Crippen LogP contribution in [0.15, 0.2) is 53.3 Å². The highest BCUT2D eigenvalue weighted by Crippen LogP contribution is 2.22. The number of fused-ring (bicyclic) bond motifs is 1. The minimum absolute atomic E-state index is 0.0756. The topological polar surface area (TPSA) is 70.2 Å². The first-order valence-corrected chi connectivity index (χ1v) is 6.52. The molecule has 4 heteroatoms. The zero-order valence-corrected chi connectivity index (χ0v) is 11.4. The minimum atomic E-state index is -0.162. The number of Topliss-reactive ketones (excluding diaryl/α,β-unsaturated/α-hetero) is 1. The standard InChI is InChI=1S/C17H13NO3/c1-10(19)11-5-6-15-14(8-11)17(21)9-16(18-15)12-3-2-4-13(20)7-12/h2-9,20H,1H3,(H,18,21). The molecule has 0 fully saturated rings. The molecule has 0 bridgehead atoms. The zero-order chi connectivity index (χ0) is 15.0. The molecule has 0 aliphatic rings. The van der Waals surface area contributed by atoms with Crippen molar-refractivity contribution in [1.82, 2.24) is 4.98 Å². The second-order valence-corrected chi connectivity index (χ2v) is 4.91. The van der Waals surface area contributed by atoms with Gasteiger partial charge in [0.2, 0.25) is 0 Å². The first-order valence-electron chi connectivity index (χ1n) is 6.52. The van der Waals surface area contributed by atoms with Gasteiger partial charge < -0.3 is 10.1 Å². The molecule has 0 radical (unpaired) electrons. The molecule has 21 heavy (non-hydrogen) atoms. The van der Waals surface area contributed by atoms with E-state index in [-0.39, 0.29) is 17.0 Å². The van der Waals surface area contributed by atoms with Gasteiger partial charge in [-0.05, 0) is 37.3 Å². The molecule has 0 unspecified atom stereocenters. The van der Waals surface area contributed by atoms with Gasteiger partial charge in [0.1, 0.15) is 5.75 Å². The summed E-state index contributed by atoms with van der Waals surface area (Å²) in [5, 5.41) is 10.0. The van der Waals surface area contributed by atoms with Gasteiger partial charge in [-0.1, -0.05) is 12.1 Å². The minimum Gasteiger partial charge on any atom is -0.508 e. The number of aromatic hydroxyl groups is 1. The molecule has 0 atom stereocenters. The summed E-state index contributed by atoms with van der Waals surface area (Å²) in [7, 11) is 0. The van der Waals surface area contributed by atoms with Crippen LogP contribution in [0.2, 0.25) is 0 Å². The lowest BCUT2D eigenvalue weighted by atomic mass is 10.1. The summed E-state index contributed by atoms with van der Waals surface area (Å²) in [5.41, 5.74) is 2.36. The number of ketones is 1. The lowest BCUT2D eigenvalue weighted by Gasteiger charge is -2.06. The molecule has 1 heterocycles. The van der Waals surface area contributed by atoms with Crippen molar-refractivity contribution in [2.24, 2.45) is 0 Å². The quantitative estimate of drug-likeness (QED) is 0.708. The zero-order valence-electron chi connectivity index (χ0n) is 11.4. The number of carbonyl (C=O) groups is 1. The van der Waals surface area contributed by atoms with Gasteiger partial charge >= 0.3 is 0 Å². The van der Waals surface area contributed by atoms with Crippen LogP contribution in [0.4, 0.5) is 0 Å². The van der Waals surface area contributed by atoms with E-state index in [4.69, 9.17) is 0 Å². The highest BCUT2D eigenvalue weighted by Gasteiger charge is 2.07. The Morgan fingerprint density at radius 3 is 2.62 bits per heavy atom. The number of nitrogens with one attached hydrogen (secondary N) is 1. The lowest BCUT2D eigenvalue weighted by Crippen LogP contribution is -2.04. The van der Waals surface area contributed by atoms with Crippen molar-refractivity contribution in [3.63, 3.8) is 0 Å². The fourth-order valence-electron chi connectivity index (χ4n) is 2.30. The van der Waals surface area contributed by atoms with E-state index in [0.29, 0.717) is 22.2 Å². The third-order valence-corrected chi connectivity index (χ3v) is 3.39. The van der Waals surface area contributed by atoms with Crippen molar-refractivity contribution >= 4 is 16.7 Å². The predicted octanol–water partition coefficient (Wildman–Crippen LogP) is 3.10. The van der Waals surface area contributed by atoms with Gasteiger partial charge in [0, 0.05) is 33.8 Å². The Bertz CT molecular complexity index is 909. The van der Waals surface area contributed by atoms with E-state index in [9.17, 15) is 14.7 Å². The smallest absolute Gasteiger partial charge is 0.190 e. The van der Waals surface area contributed by atoms with E-state index in [0.717, 1.165) is 5.56 Å². The highest BCUT2D eigenvalue weighted by molar-refractivity contribution is 5.98. The van der Waals surface area contributed by atoms with Gasteiger partial charge in [-0.15, -0.1) is 0 Å². The van der Waals surface area contributed by atoms with E-state index < -0.39 is 0 Å². The molecule has 2 N–H and O–H groups in total. The number of aromatic amines is 1. The van der Waals surface area contributed by atoms with Crippen molar-refractivity contribution in [3.8, 4) is 17.0 Å². The second kappa shape index (κ2) is 4.90. The highest BCUT2D eigenvalue weighted by atomic mass is 16.3. The second-order valence-electron chi connectivity index (χ2n) is 4.91. The van der Waals surface area contributed by atoms with Gasteiger partial charge in [-0.25, -0.2) is 0 Å². The number of pyridine rings is 1. The number of H-pyrrole nitrogens is 1. The number of rotatable bonds is 2. The van der Waals surface area contributed by atoms with Crippen LogP contribution in [0.1, 0.15) is 17.3 Å². The maximum atomic E-state index is 12.2. The van der Waals surface area contributed by atoms with Crippen LogP contribution >= 0.6 is 0 Å². The van der Waals surface area contributed by atoms with E-state index in [2.05, 4.69) is 4.98 Å². The SMILES string of the molecule is CC(=O)c1ccc2[nH]c(-c3cccc(O)c3)cc(=O)c2c1. The molecule has 0 amide bonds. The first kappa shape index (κ1) is 13.1. The monoisotopic (exact) mass is 279 g/mol. The van der Waals surface area contributed by atoms with Crippen LogP contribution in [-0.4, -0.2) is 15.9 Å². The molecule has 1 aromatic heterocycles. The van der Waals surface area contributed by atoms with E-state index in [1.807, 2.05) is 0 Å². The molecular formula is C17H13NO3. The Morgan fingerprint density at radius 2 is 1.90 bits per heavy atom. The van der Waals surface area contributed by atoms with E-state index in [1.54, 1.807) is 42.5 Å². The van der Waals surface area contributed by atoms with Crippen molar-refractivity contribution in [2.75, 3.05) is 0 Å². The molecular weight excluding hydrogens is 266 g/mol. The van der Waals surface area contributed by atoms with Crippen LogP contribution in [0.5, 0.6) is 5.75 Å². The van der Waals surface area contributed by atoms with E-state index >= 15 is 0 Å². The summed E-state index contributed by atoms with van der Waals surface area (Å²) in [4.78, 5) is 26.8. The van der Waals surface area contributed by atoms with E-state index in [1.165, 1.54) is 13.0 Å². The summed E-state index contributed by atoms with van der Waals surface area (Å²) >= 11 is 0. The Morgan fingerprint density at radius 1 is 1.10 bits per heavy atom. The van der Waals surface area contributed by atoms with Gasteiger partial charge in [0.25, 0.3) is 0 Å². The molecule has 0 saturated carbocycles. The molecule has 3 rings (SSSR count). The summed E-state index contributed by atoms with van der Waals surface area (Å²) in [6.45, 7) is 1.47. The van der Waals surface area contributed by atoms with Crippen molar-refractivity contribution in [3.05, 3.63) is 64.3 Å². The van der Waals surface area contributed by atoms with Gasteiger partial charge in [0.05, 0.1) is 0 Å². The maximum Gasteiger partial charge on any atom is 0.190 e. The third-order valence-electron chi connectivity index (χ3n) is 3.39. The van der Waals surface area contributed by atoms with Crippen LogP contribution in [0.3, 0.4) is 0 Å². The van der Waals surface area contributed by atoms with Crippen molar-refractivity contribution < 1.29 is 9.90 Å². The van der Waals surface area contributed by atoms with Gasteiger partial charge in [-0.2, -0.15) is 0 Å². The summed E-state index contributed by atoms with van der Waals surface area (Å²) in [6.07, 6.45) is 0. The van der Waals surface area contributed by atoms with Crippen molar-refractivity contribution in [1.29, 1.82) is 0 Å². The molecule has 104 valence electrons. The van der Waals surface area contributed by atoms with Gasteiger partial charge in [-0.3, -0.25) is 9.59 Å². The van der Waals surface area contributed by atoms with Crippen LogP contribution in [-0.2, 0) is 0 Å². The molecule has 0 saturated heterocycles. The Kier molecular flexibility index (Phi) is 3.06. The molecule has 0 aliphatic carbocycles. The molecule has 0 aliphatic heterocycles. The normalized spacial score (nSPS) is 10.7. The Labute approximate surface area is 120 Å². The molecule has 3 aromatic rings. The number of hydrogen-bond acceptors (Lipinski definition) is 3. The third kappa shape index (κ3) is 2.43. The average molecular weight is 279 g/mol. The fourth-order valence-corrected chi connectivity index (χ4v) is 2.30. The number of carbonyl (C=O) groups excluding carboxylic acids is 1. The number of hydrogen-bond donors (Lipinski definition) is 2. The van der Waals surface area contributed by atoms with Crippen LogP contribution < -0.4 is 5.43 Å². The predicted molar refractivity (Wildman–Crippen MR) is 81.7 cm³/mol.